The third-order valence-electron chi connectivity index (χ3n) is 6.70. The van der Waals surface area contributed by atoms with Crippen LogP contribution in [0, 0.1) is 6.92 Å². The molecule has 5 heteroatoms. The van der Waals surface area contributed by atoms with Gasteiger partial charge in [-0.25, -0.2) is 4.98 Å². The molecule has 30 heavy (non-hydrogen) atoms. The number of aromatic nitrogens is 1. The molecule has 2 aliphatic heterocycles. The van der Waals surface area contributed by atoms with Crippen LogP contribution in [-0.2, 0) is 0 Å². The van der Waals surface area contributed by atoms with E-state index in [2.05, 4.69) is 47.9 Å². The van der Waals surface area contributed by atoms with Gasteiger partial charge in [-0.1, -0.05) is 44.9 Å². The van der Waals surface area contributed by atoms with E-state index in [-0.39, 0.29) is 5.91 Å². The van der Waals surface area contributed by atoms with Gasteiger partial charge in [0.15, 0.2) is 0 Å². The lowest BCUT2D eigenvalue weighted by atomic mass is 10.0. The van der Waals surface area contributed by atoms with Crippen molar-refractivity contribution in [2.45, 2.75) is 71.3 Å². The van der Waals surface area contributed by atoms with Gasteiger partial charge < -0.3 is 9.80 Å². The molecule has 0 atom stereocenters. The average Bonchev–Trinajstić information content (AvgIpc) is 2.97. The van der Waals surface area contributed by atoms with Crippen LogP contribution in [0.4, 0.5) is 0 Å². The summed E-state index contributed by atoms with van der Waals surface area (Å²) in [5.41, 5.74) is 3.29. The van der Waals surface area contributed by atoms with E-state index in [9.17, 15) is 4.79 Å². The number of hydrogen-bond acceptors (Lipinski definition) is 4. The van der Waals surface area contributed by atoms with E-state index in [1.807, 2.05) is 6.92 Å². The first-order chi connectivity index (χ1) is 14.5. The van der Waals surface area contributed by atoms with Gasteiger partial charge in [0, 0.05) is 24.7 Å². The molecular weight excluding hydrogens is 390 g/mol. The molecule has 1 amide bonds. The summed E-state index contributed by atoms with van der Waals surface area (Å²) >= 11 is 1.55. The van der Waals surface area contributed by atoms with Crippen LogP contribution < -0.4 is 0 Å². The average molecular weight is 426 g/mol. The Kier molecular flexibility index (Phi) is 6.89. The lowest BCUT2D eigenvalue weighted by molar-refractivity contribution is 0.0626. The number of likely N-dealkylation sites (tertiary alicyclic amines) is 2. The van der Waals surface area contributed by atoms with Gasteiger partial charge in [0.25, 0.3) is 5.91 Å². The summed E-state index contributed by atoms with van der Waals surface area (Å²) in [6.07, 6.45) is 7.63. The maximum atomic E-state index is 13.3. The van der Waals surface area contributed by atoms with Crippen molar-refractivity contribution in [3.05, 3.63) is 40.4 Å². The first kappa shape index (κ1) is 21.5. The van der Waals surface area contributed by atoms with Gasteiger partial charge in [0.2, 0.25) is 0 Å². The summed E-state index contributed by atoms with van der Waals surface area (Å²) in [4.78, 5) is 23.6. The largest absolute Gasteiger partial charge is 0.338 e. The first-order valence-corrected chi connectivity index (χ1v) is 12.5. The van der Waals surface area contributed by atoms with Crippen molar-refractivity contribution in [3.63, 3.8) is 0 Å². The van der Waals surface area contributed by atoms with Gasteiger partial charge in [-0.15, -0.1) is 11.3 Å². The van der Waals surface area contributed by atoms with Gasteiger partial charge in [0.05, 0.1) is 5.69 Å². The van der Waals surface area contributed by atoms with E-state index >= 15 is 0 Å². The standard InChI is InChI=1S/C25H35N3OS/c1-18(2)20-9-8-10-21(17-20)24-26-19(3)23(30-24)25(29)28-15-11-22(12-16-28)27-13-6-4-5-7-14-27/h8-10,17-18,22H,4-7,11-16H2,1-3H3. The molecule has 4 nitrogen and oxygen atoms in total. The topological polar surface area (TPSA) is 36.4 Å². The summed E-state index contributed by atoms with van der Waals surface area (Å²) in [7, 11) is 0. The van der Waals surface area contributed by atoms with Crippen LogP contribution in [0.25, 0.3) is 10.6 Å². The molecule has 3 heterocycles. The second kappa shape index (κ2) is 9.61. The monoisotopic (exact) mass is 425 g/mol. The highest BCUT2D eigenvalue weighted by molar-refractivity contribution is 7.17. The summed E-state index contributed by atoms with van der Waals surface area (Å²) < 4.78 is 0. The van der Waals surface area contributed by atoms with E-state index < -0.39 is 0 Å². The van der Waals surface area contributed by atoms with Crippen LogP contribution in [0.2, 0.25) is 0 Å². The summed E-state index contributed by atoms with van der Waals surface area (Å²) in [6.45, 7) is 10.6. The number of rotatable bonds is 4. The molecule has 2 saturated heterocycles. The van der Waals surface area contributed by atoms with Crippen molar-refractivity contribution in [1.29, 1.82) is 0 Å². The molecule has 1 aromatic heterocycles. The molecule has 162 valence electrons. The van der Waals surface area contributed by atoms with Crippen LogP contribution in [-0.4, -0.2) is 52.9 Å². The van der Waals surface area contributed by atoms with E-state index in [4.69, 9.17) is 4.98 Å². The van der Waals surface area contributed by atoms with Crippen LogP contribution in [0.5, 0.6) is 0 Å². The Labute approximate surface area is 185 Å². The Balaban J connectivity index is 1.42. The van der Waals surface area contributed by atoms with Crippen LogP contribution in [0.15, 0.2) is 24.3 Å². The lowest BCUT2D eigenvalue weighted by Crippen LogP contribution is -2.47. The molecule has 0 radical (unpaired) electrons. The summed E-state index contributed by atoms with van der Waals surface area (Å²) in [5.74, 6) is 0.656. The SMILES string of the molecule is Cc1nc(-c2cccc(C(C)C)c2)sc1C(=O)N1CCC(N2CCCCCC2)CC1. The van der Waals surface area contributed by atoms with Gasteiger partial charge in [0.1, 0.15) is 9.88 Å². The number of hydrogen-bond donors (Lipinski definition) is 0. The van der Waals surface area contributed by atoms with Gasteiger partial charge in [-0.3, -0.25) is 4.79 Å². The number of piperidine rings is 1. The molecule has 0 saturated carbocycles. The Hall–Kier alpha value is -1.72. The van der Waals surface area contributed by atoms with Crippen molar-refractivity contribution in [2.75, 3.05) is 26.2 Å². The van der Waals surface area contributed by atoms with Crippen molar-refractivity contribution < 1.29 is 4.79 Å². The Morgan fingerprint density at radius 3 is 2.43 bits per heavy atom. The predicted octanol–water partition coefficient (Wildman–Crippen LogP) is 5.72. The Bertz CT molecular complexity index is 859. The molecule has 4 rings (SSSR count). The van der Waals surface area contributed by atoms with Crippen LogP contribution in [0.3, 0.4) is 0 Å². The molecule has 0 bridgehead atoms. The molecule has 0 unspecified atom stereocenters. The number of carbonyl (C=O) groups is 1. The minimum absolute atomic E-state index is 0.172. The molecule has 2 aliphatic rings. The number of thiazole rings is 1. The number of nitrogens with zero attached hydrogens (tertiary/aromatic N) is 3. The number of benzene rings is 1. The van der Waals surface area contributed by atoms with Crippen molar-refractivity contribution >= 4 is 17.2 Å². The molecule has 0 N–H and O–H groups in total. The zero-order valence-electron chi connectivity index (χ0n) is 18.7. The molecular formula is C25H35N3OS. The van der Waals surface area contributed by atoms with Gasteiger partial charge in [-0.2, -0.15) is 0 Å². The lowest BCUT2D eigenvalue weighted by Gasteiger charge is -2.38. The molecule has 2 aromatic rings. The van der Waals surface area contributed by atoms with E-state index in [0.29, 0.717) is 12.0 Å². The highest BCUT2D eigenvalue weighted by atomic mass is 32.1. The number of aryl methyl sites for hydroxylation is 1. The van der Waals surface area contributed by atoms with E-state index in [1.165, 1.54) is 44.3 Å². The normalized spacial score (nSPS) is 19.3. The maximum Gasteiger partial charge on any atom is 0.265 e. The zero-order chi connectivity index (χ0) is 21.1. The fourth-order valence-corrected chi connectivity index (χ4v) is 5.82. The fraction of sp³-hybridized carbons (Fsp3) is 0.600. The number of amides is 1. The zero-order valence-corrected chi connectivity index (χ0v) is 19.5. The molecule has 1 aromatic carbocycles. The summed E-state index contributed by atoms with van der Waals surface area (Å²) in [6, 6.07) is 9.23. The maximum absolute atomic E-state index is 13.3. The van der Waals surface area contributed by atoms with Crippen LogP contribution >= 0.6 is 11.3 Å². The summed E-state index contributed by atoms with van der Waals surface area (Å²) in [5, 5.41) is 0.956. The first-order valence-electron chi connectivity index (χ1n) is 11.6. The second-order valence-corrected chi connectivity index (χ2v) is 10.2. The minimum Gasteiger partial charge on any atom is -0.338 e. The van der Waals surface area contributed by atoms with Gasteiger partial charge >= 0.3 is 0 Å². The second-order valence-electron chi connectivity index (χ2n) is 9.19. The molecule has 2 fully saturated rings. The van der Waals surface area contributed by atoms with Crippen LogP contribution in [0.1, 0.15) is 79.2 Å². The minimum atomic E-state index is 0.172. The van der Waals surface area contributed by atoms with Crippen molar-refractivity contribution in [2.24, 2.45) is 0 Å². The predicted molar refractivity (Wildman–Crippen MR) is 125 cm³/mol. The highest BCUT2D eigenvalue weighted by Gasteiger charge is 2.29. The fourth-order valence-electron chi connectivity index (χ4n) is 4.79. The highest BCUT2D eigenvalue weighted by Crippen LogP contribution is 2.31. The van der Waals surface area contributed by atoms with Crippen molar-refractivity contribution in [1.82, 2.24) is 14.8 Å². The Morgan fingerprint density at radius 1 is 1.07 bits per heavy atom. The van der Waals surface area contributed by atoms with E-state index in [0.717, 1.165) is 47.1 Å². The number of carbonyl (C=O) groups excluding carboxylic acids is 1. The third-order valence-corrected chi connectivity index (χ3v) is 7.89. The van der Waals surface area contributed by atoms with Gasteiger partial charge in [-0.05, 0) is 63.2 Å². The smallest absolute Gasteiger partial charge is 0.265 e. The molecule has 0 spiro atoms. The molecule has 0 aliphatic carbocycles. The quantitative estimate of drug-likeness (QED) is 0.628. The van der Waals surface area contributed by atoms with Crippen molar-refractivity contribution in [3.8, 4) is 10.6 Å². The Morgan fingerprint density at radius 2 is 1.77 bits per heavy atom. The third kappa shape index (κ3) is 4.78. The van der Waals surface area contributed by atoms with E-state index in [1.54, 1.807) is 11.3 Å².